The predicted octanol–water partition coefficient (Wildman–Crippen LogP) is 2.71. The Balaban J connectivity index is 1.76. The molecule has 2 heterocycles. The Labute approximate surface area is 190 Å². The van der Waals surface area contributed by atoms with E-state index in [1.807, 2.05) is 42.5 Å². The number of anilines is 1. The number of carbonyl (C=O) groups is 3. The molecule has 30 heavy (non-hydrogen) atoms. The summed E-state index contributed by atoms with van der Waals surface area (Å²) in [6, 6.07) is 15.1. The molecule has 9 heteroatoms. The molecule has 2 aromatic carbocycles. The fourth-order valence-electron chi connectivity index (χ4n) is 3.39. The van der Waals surface area contributed by atoms with Gasteiger partial charge in [0.1, 0.15) is 4.32 Å². The number of fused-ring (bicyclic) bond motifs is 1. The largest absolute Gasteiger partial charge is 0.550 e. The summed E-state index contributed by atoms with van der Waals surface area (Å²) in [5, 5.41) is 10.8. The van der Waals surface area contributed by atoms with Gasteiger partial charge < -0.3 is 14.8 Å². The third-order valence-electron chi connectivity index (χ3n) is 4.78. The summed E-state index contributed by atoms with van der Waals surface area (Å²) in [7, 11) is 0. The van der Waals surface area contributed by atoms with Gasteiger partial charge in [0, 0.05) is 29.0 Å². The Morgan fingerprint density at radius 2 is 1.80 bits per heavy atom. The second-order valence-electron chi connectivity index (χ2n) is 6.69. The number of benzene rings is 2. The number of amides is 2. The van der Waals surface area contributed by atoms with Crippen molar-refractivity contribution in [3.05, 3.63) is 69.0 Å². The van der Waals surface area contributed by atoms with Crippen molar-refractivity contribution >= 4 is 73.3 Å². The maximum Gasteiger partial charge on any atom is 0.267 e. The van der Waals surface area contributed by atoms with Crippen LogP contribution in [0.3, 0.4) is 0 Å². The van der Waals surface area contributed by atoms with E-state index in [2.05, 4.69) is 15.9 Å². The first kappa shape index (κ1) is 20.8. The van der Waals surface area contributed by atoms with E-state index in [-0.39, 0.29) is 33.7 Å². The number of carboxylic acids is 1. The SMILES string of the molecule is O=C([O-])CCN1C(=O)/C(=C2\C(=O)N(Cc3ccccc3)c3ccc(Br)cc32)SC1=S. The zero-order chi connectivity index (χ0) is 21.4. The highest BCUT2D eigenvalue weighted by Gasteiger charge is 2.42. The lowest BCUT2D eigenvalue weighted by molar-refractivity contribution is -0.305. The van der Waals surface area contributed by atoms with Crippen LogP contribution in [0.1, 0.15) is 17.5 Å². The van der Waals surface area contributed by atoms with Crippen molar-refractivity contribution in [1.29, 1.82) is 0 Å². The highest BCUT2D eigenvalue weighted by Crippen LogP contribution is 2.45. The molecule has 2 aromatic rings. The Kier molecular flexibility index (Phi) is 5.77. The molecular weight excluding hydrogens is 488 g/mol. The number of rotatable bonds is 5. The minimum Gasteiger partial charge on any atom is -0.550 e. The minimum atomic E-state index is -1.27. The quantitative estimate of drug-likeness (QED) is 0.462. The van der Waals surface area contributed by atoms with Crippen LogP contribution in [-0.2, 0) is 20.9 Å². The van der Waals surface area contributed by atoms with Crippen molar-refractivity contribution in [3.8, 4) is 0 Å². The van der Waals surface area contributed by atoms with Crippen LogP contribution in [0.5, 0.6) is 0 Å². The summed E-state index contributed by atoms with van der Waals surface area (Å²) in [5.74, 6) is -2.01. The van der Waals surface area contributed by atoms with Gasteiger partial charge in [0.15, 0.2) is 0 Å². The first-order valence-corrected chi connectivity index (χ1v) is 11.0. The second-order valence-corrected chi connectivity index (χ2v) is 9.25. The predicted molar refractivity (Wildman–Crippen MR) is 120 cm³/mol. The van der Waals surface area contributed by atoms with Crippen LogP contribution in [0.2, 0.25) is 0 Å². The number of hydrogen-bond donors (Lipinski definition) is 0. The number of carboxylic acid groups (broad SMARTS) is 1. The molecule has 0 N–H and O–H groups in total. The van der Waals surface area contributed by atoms with E-state index in [4.69, 9.17) is 12.2 Å². The number of thiocarbonyl (C=S) groups is 1. The van der Waals surface area contributed by atoms with Crippen molar-refractivity contribution < 1.29 is 19.5 Å². The summed E-state index contributed by atoms with van der Waals surface area (Å²) < 4.78 is 1.01. The van der Waals surface area contributed by atoms with Gasteiger partial charge in [-0.1, -0.05) is 70.2 Å². The summed E-state index contributed by atoms with van der Waals surface area (Å²) in [4.78, 5) is 40.3. The van der Waals surface area contributed by atoms with Gasteiger partial charge in [-0.3, -0.25) is 14.5 Å². The lowest BCUT2D eigenvalue weighted by Gasteiger charge is -2.17. The van der Waals surface area contributed by atoms with Crippen LogP contribution in [0.4, 0.5) is 5.69 Å². The molecule has 2 aliphatic heterocycles. The molecule has 2 amide bonds. The van der Waals surface area contributed by atoms with E-state index in [9.17, 15) is 19.5 Å². The van der Waals surface area contributed by atoms with Gasteiger partial charge in [-0.25, -0.2) is 0 Å². The molecular formula is C21H14BrN2O4S2-. The third-order valence-corrected chi connectivity index (χ3v) is 6.72. The summed E-state index contributed by atoms with van der Waals surface area (Å²) in [5.41, 5.74) is 2.60. The minimum absolute atomic E-state index is 0.0863. The molecule has 4 rings (SSSR count). The zero-order valence-electron chi connectivity index (χ0n) is 15.5. The Hall–Kier alpha value is -2.49. The average Bonchev–Trinajstić information content (AvgIpc) is 3.13. The number of thioether (sulfide) groups is 1. The molecule has 0 aromatic heterocycles. The van der Waals surface area contributed by atoms with Gasteiger partial charge >= 0.3 is 0 Å². The van der Waals surface area contributed by atoms with Crippen molar-refractivity contribution in [2.45, 2.75) is 13.0 Å². The Morgan fingerprint density at radius 3 is 2.50 bits per heavy atom. The molecule has 0 bridgehead atoms. The molecule has 1 saturated heterocycles. The Bertz CT molecular complexity index is 1120. The van der Waals surface area contributed by atoms with Gasteiger partial charge in [-0.2, -0.15) is 0 Å². The topological polar surface area (TPSA) is 80.7 Å². The van der Waals surface area contributed by atoms with Gasteiger partial charge in [-0.15, -0.1) is 0 Å². The first-order chi connectivity index (χ1) is 14.4. The van der Waals surface area contributed by atoms with E-state index in [1.165, 1.54) is 4.90 Å². The van der Waals surface area contributed by atoms with Crippen LogP contribution in [0.15, 0.2) is 57.9 Å². The second kappa shape index (κ2) is 8.33. The first-order valence-electron chi connectivity index (χ1n) is 9.00. The van der Waals surface area contributed by atoms with Crippen LogP contribution in [0.25, 0.3) is 5.57 Å². The lowest BCUT2D eigenvalue weighted by atomic mass is 10.1. The van der Waals surface area contributed by atoms with Gasteiger partial charge in [0.25, 0.3) is 11.8 Å². The third kappa shape index (κ3) is 3.80. The van der Waals surface area contributed by atoms with Crippen LogP contribution in [0, 0.1) is 0 Å². The van der Waals surface area contributed by atoms with Crippen molar-refractivity contribution in [2.24, 2.45) is 0 Å². The average molecular weight is 502 g/mol. The number of nitrogens with zero attached hydrogens (tertiary/aromatic N) is 2. The van der Waals surface area contributed by atoms with E-state index >= 15 is 0 Å². The number of aliphatic carboxylic acids is 1. The van der Waals surface area contributed by atoms with Gasteiger partial charge in [0.05, 0.1) is 22.7 Å². The molecule has 2 aliphatic rings. The molecule has 0 unspecified atom stereocenters. The summed E-state index contributed by atoms with van der Waals surface area (Å²) >= 11 is 9.72. The van der Waals surface area contributed by atoms with Crippen LogP contribution < -0.4 is 10.0 Å². The van der Waals surface area contributed by atoms with Crippen LogP contribution >= 0.6 is 39.9 Å². The highest BCUT2D eigenvalue weighted by atomic mass is 79.9. The summed E-state index contributed by atoms with van der Waals surface area (Å²) in [6.45, 7) is 0.278. The van der Waals surface area contributed by atoms with E-state index in [0.717, 1.165) is 21.8 Å². The maximum atomic E-state index is 13.4. The number of hydrogen-bond acceptors (Lipinski definition) is 6. The van der Waals surface area contributed by atoms with E-state index in [0.29, 0.717) is 17.8 Å². The monoisotopic (exact) mass is 501 g/mol. The molecule has 0 aliphatic carbocycles. The molecule has 0 radical (unpaired) electrons. The highest BCUT2D eigenvalue weighted by molar-refractivity contribution is 9.10. The van der Waals surface area contributed by atoms with Crippen LogP contribution in [-0.4, -0.2) is 33.5 Å². The van der Waals surface area contributed by atoms with Gasteiger partial charge in [-0.05, 0) is 23.8 Å². The molecule has 1 fully saturated rings. The summed E-state index contributed by atoms with van der Waals surface area (Å²) in [6.07, 6.45) is -0.328. The normalized spacial score (nSPS) is 18.4. The Morgan fingerprint density at radius 1 is 1.07 bits per heavy atom. The molecule has 0 atom stereocenters. The standard InChI is InChI=1S/C21H15BrN2O4S2/c22-13-6-7-15-14(10-13)17(19(27)24(15)11-12-4-2-1-3-5-12)18-20(28)23(21(29)30-18)9-8-16(25)26/h1-7,10H,8-9,11H2,(H,25,26)/p-1/b18-17+. The number of carbonyl (C=O) groups excluding carboxylic acids is 3. The zero-order valence-corrected chi connectivity index (χ0v) is 18.7. The fraction of sp³-hybridized carbons (Fsp3) is 0.143. The molecule has 6 nitrogen and oxygen atoms in total. The molecule has 0 saturated carbocycles. The number of halogens is 1. The van der Waals surface area contributed by atoms with Crippen molar-refractivity contribution in [3.63, 3.8) is 0 Å². The fourth-order valence-corrected chi connectivity index (χ4v) is 5.13. The molecule has 0 spiro atoms. The van der Waals surface area contributed by atoms with Crippen molar-refractivity contribution in [2.75, 3.05) is 11.4 Å². The van der Waals surface area contributed by atoms with Crippen molar-refractivity contribution in [1.82, 2.24) is 4.90 Å². The van der Waals surface area contributed by atoms with E-state index in [1.54, 1.807) is 11.0 Å². The maximum absolute atomic E-state index is 13.4. The lowest BCUT2D eigenvalue weighted by Crippen LogP contribution is -2.34. The van der Waals surface area contributed by atoms with Gasteiger partial charge in [0.2, 0.25) is 0 Å². The van der Waals surface area contributed by atoms with E-state index < -0.39 is 11.9 Å². The smallest absolute Gasteiger partial charge is 0.267 e. The molecule has 152 valence electrons.